The molecule has 0 aromatic heterocycles. The number of hydrogen-bond acceptors (Lipinski definition) is 6. The number of carboxylic acids is 1. The average molecular weight is 294 g/mol. The average Bonchev–Trinajstić information content (AvgIpc) is 2.45. The maximum atomic E-state index is 10.3. The fourth-order valence-corrected chi connectivity index (χ4v) is 1.36. The van der Waals surface area contributed by atoms with Gasteiger partial charge in [0.1, 0.15) is 0 Å². The first-order valence-corrected chi connectivity index (χ1v) is 5.67. The van der Waals surface area contributed by atoms with Gasteiger partial charge in [-0.3, -0.25) is 0 Å². The van der Waals surface area contributed by atoms with Gasteiger partial charge in [-0.15, -0.1) is 0 Å². The van der Waals surface area contributed by atoms with E-state index in [4.69, 9.17) is 30.3 Å². The standard InChI is InChI=1S/C7H6O5.C7H8O2/c8-4-1-3(7(11)12)2-5(9)6(4)10;1-9-7-5-3-2-4-6(7)8/h1-2,8-10H,(H,11,12);2-5,8H,1H3. The van der Waals surface area contributed by atoms with Gasteiger partial charge in [-0.2, -0.15) is 0 Å². The van der Waals surface area contributed by atoms with Gasteiger partial charge >= 0.3 is 5.97 Å². The molecule has 2 rings (SSSR count). The van der Waals surface area contributed by atoms with Crippen molar-refractivity contribution >= 4 is 5.97 Å². The number of aromatic carboxylic acids is 1. The number of phenolic OH excluding ortho intramolecular Hbond substituents is 4. The van der Waals surface area contributed by atoms with Crippen LogP contribution in [0.15, 0.2) is 36.4 Å². The van der Waals surface area contributed by atoms with Gasteiger partial charge in [-0.1, -0.05) is 12.1 Å². The highest BCUT2D eigenvalue weighted by atomic mass is 16.5. The van der Waals surface area contributed by atoms with Crippen molar-refractivity contribution in [2.45, 2.75) is 0 Å². The van der Waals surface area contributed by atoms with Crippen molar-refractivity contribution in [2.24, 2.45) is 0 Å². The van der Waals surface area contributed by atoms with Gasteiger partial charge < -0.3 is 30.3 Å². The molecule has 0 atom stereocenters. The van der Waals surface area contributed by atoms with E-state index in [2.05, 4.69) is 0 Å². The van der Waals surface area contributed by atoms with Crippen LogP contribution in [0.1, 0.15) is 10.4 Å². The predicted molar refractivity (Wildman–Crippen MR) is 73.1 cm³/mol. The number of ether oxygens (including phenoxy) is 1. The molecule has 0 bridgehead atoms. The van der Waals surface area contributed by atoms with Crippen molar-refractivity contribution in [3.63, 3.8) is 0 Å². The van der Waals surface area contributed by atoms with Gasteiger partial charge in [-0.05, 0) is 24.3 Å². The van der Waals surface area contributed by atoms with Gasteiger partial charge in [0.2, 0.25) is 0 Å². The quantitative estimate of drug-likeness (QED) is 0.535. The lowest BCUT2D eigenvalue weighted by atomic mass is 10.2. The SMILES string of the molecule is COc1ccccc1O.O=C(O)c1cc(O)c(O)c(O)c1. The highest BCUT2D eigenvalue weighted by Crippen LogP contribution is 2.35. The number of phenols is 4. The molecule has 0 radical (unpaired) electrons. The Morgan fingerprint density at radius 2 is 1.48 bits per heavy atom. The van der Waals surface area contributed by atoms with E-state index in [1.807, 2.05) is 0 Å². The highest BCUT2D eigenvalue weighted by molar-refractivity contribution is 5.89. The monoisotopic (exact) mass is 294 g/mol. The predicted octanol–water partition coefficient (Wildman–Crippen LogP) is 1.90. The van der Waals surface area contributed by atoms with Crippen LogP contribution in [0.3, 0.4) is 0 Å². The summed E-state index contributed by atoms with van der Waals surface area (Å²) in [7, 11) is 1.52. The lowest BCUT2D eigenvalue weighted by molar-refractivity contribution is 0.0696. The summed E-state index contributed by atoms with van der Waals surface area (Å²) in [4.78, 5) is 10.3. The second-order valence-corrected chi connectivity index (χ2v) is 3.84. The molecule has 7 nitrogen and oxygen atoms in total. The lowest BCUT2D eigenvalue weighted by Gasteiger charge is -2.01. The molecule has 0 fully saturated rings. The Bertz CT molecular complexity index is 614. The van der Waals surface area contributed by atoms with E-state index in [9.17, 15) is 4.79 Å². The zero-order valence-corrected chi connectivity index (χ0v) is 11.0. The fourth-order valence-electron chi connectivity index (χ4n) is 1.36. The molecule has 7 heteroatoms. The van der Waals surface area contributed by atoms with Crippen LogP contribution in [0, 0.1) is 0 Å². The van der Waals surface area contributed by atoms with Crippen LogP contribution in [0.2, 0.25) is 0 Å². The molecule has 0 heterocycles. The van der Waals surface area contributed by atoms with Crippen molar-refractivity contribution in [2.75, 3.05) is 7.11 Å². The minimum absolute atomic E-state index is 0.181. The van der Waals surface area contributed by atoms with E-state index in [0.717, 1.165) is 12.1 Å². The van der Waals surface area contributed by atoms with Crippen LogP contribution in [-0.2, 0) is 0 Å². The maximum Gasteiger partial charge on any atom is 0.335 e. The molecular formula is C14H14O7. The topological polar surface area (TPSA) is 127 Å². The summed E-state index contributed by atoms with van der Waals surface area (Å²) in [6, 6.07) is 8.53. The number of aromatic hydroxyl groups is 4. The molecule has 0 spiro atoms. The maximum absolute atomic E-state index is 10.3. The number of hydrogen-bond donors (Lipinski definition) is 5. The molecule has 112 valence electrons. The molecule has 0 aliphatic heterocycles. The summed E-state index contributed by atoms with van der Waals surface area (Å²) in [5.74, 6) is -2.64. The Morgan fingerprint density at radius 1 is 0.952 bits per heavy atom. The number of methoxy groups -OCH3 is 1. The second-order valence-electron chi connectivity index (χ2n) is 3.84. The van der Waals surface area contributed by atoms with E-state index in [1.54, 1.807) is 24.3 Å². The zero-order valence-electron chi connectivity index (χ0n) is 11.0. The Hall–Kier alpha value is -3.09. The molecule has 21 heavy (non-hydrogen) atoms. The molecule has 2 aromatic rings. The van der Waals surface area contributed by atoms with Crippen LogP contribution < -0.4 is 4.74 Å². The lowest BCUT2D eigenvalue weighted by Crippen LogP contribution is -1.95. The summed E-state index contributed by atoms with van der Waals surface area (Å²) < 4.78 is 4.79. The van der Waals surface area contributed by atoms with Gasteiger partial charge in [0, 0.05) is 0 Å². The van der Waals surface area contributed by atoms with Gasteiger partial charge in [0.15, 0.2) is 28.7 Å². The molecule has 0 amide bonds. The van der Waals surface area contributed by atoms with Crippen molar-refractivity contribution in [3.05, 3.63) is 42.0 Å². The largest absolute Gasteiger partial charge is 0.504 e. The normalized spacial score (nSPS) is 9.38. The number of carbonyl (C=O) groups is 1. The van der Waals surface area contributed by atoms with Crippen LogP contribution in [0.5, 0.6) is 28.7 Å². The first-order valence-electron chi connectivity index (χ1n) is 5.67. The third-order valence-corrected chi connectivity index (χ3v) is 2.40. The zero-order chi connectivity index (χ0) is 16.0. The van der Waals surface area contributed by atoms with Gasteiger partial charge in [-0.25, -0.2) is 4.79 Å². The third kappa shape index (κ3) is 4.20. The van der Waals surface area contributed by atoms with Crippen molar-refractivity contribution < 1.29 is 35.1 Å². The Kier molecular flexibility index (Phi) is 5.24. The highest BCUT2D eigenvalue weighted by Gasteiger charge is 2.11. The first-order chi connectivity index (χ1) is 9.86. The number of benzene rings is 2. The molecule has 5 N–H and O–H groups in total. The molecule has 0 unspecified atom stereocenters. The van der Waals surface area contributed by atoms with Gasteiger partial charge in [0.05, 0.1) is 12.7 Å². The van der Waals surface area contributed by atoms with Crippen molar-refractivity contribution in [1.82, 2.24) is 0 Å². The Balaban J connectivity index is 0.000000219. The summed E-state index contributed by atoms with van der Waals surface area (Å²) >= 11 is 0. The minimum atomic E-state index is -1.29. The van der Waals surface area contributed by atoms with E-state index < -0.39 is 23.2 Å². The molecule has 0 saturated heterocycles. The van der Waals surface area contributed by atoms with E-state index >= 15 is 0 Å². The number of carboxylic acid groups (broad SMARTS) is 1. The molecule has 0 aliphatic carbocycles. The first kappa shape index (κ1) is 16.0. The number of rotatable bonds is 2. The minimum Gasteiger partial charge on any atom is -0.504 e. The smallest absolute Gasteiger partial charge is 0.335 e. The second kappa shape index (κ2) is 6.90. The summed E-state index contributed by atoms with van der Waals surface area (Å²) in [6.07, 6.45) is 0. The van der Waals surface area contributed by atoms with Crippen LogP contribution in [0.25, 0.3) is 0 Å². The Labute approximate surface area is 119 Å². The van der Waals surface area contributed by atoms with E-state index in [0.29, 0.717) is 5.75 Å². The number of para-hydroxylation sites is 2. The summed E-state index contributed by atoms with van der Waals surface area (Å²) in [6.45, 7) is 0. The fraction of sp³-hybridized carbons (Fsp3) is 0.0714. The summed E-state index contributed by atoms with van der Waals surface area (Å²) in [5.41, 5.74) is -0.289. The molecule has 0 saturated carbocycles. The van der Waals surface area contributed by atoms with Crippen molar-refractivity contribution in [3.8, 4) is 28.7 Å². The molecule has 2 aromatic carbocycles. The third-order valence-electron chi connectivity index (χ3n) is 2.40. The van der Waals surface area contributed by atoms with Crippen LogP contribution in [-0.4, -0.2) is 38.6 Å². The molecular weight excluding hydrogens is 280 g/mol. The molecule has 0 aliphatic rings. The van der Waals surface area contributed by atoms with Gasteiger partial charge in [0.25, 0.3) is 0 Å². The van der Waals surface area contributed by atoms with E-state index in [-0.39, 0.29) is 11.3 Å². The summed E-state index contributed by atoms with van der Waals surface area (Å²) in [5, 5.41) is 43.9. The van der Waals surface area contributed by atoms with Crippen molar-refractivity contribution in [1.29, 1.82) is 0 Å². The van der Waals surface area contributed by atoms with Crippen LogP contribution >= 0.6 is 0 Å². The van der Waals surface area contributed by atoms with E-state index in [1.165, 1.54) is 7.11 Å². The Morgan fingerprint density at radius 3 is 1.86 bits per heavy atom. The van der Waals surface area contributed by atoms with Crippen LogP contribution in [0.4, 0.5) is 0 Å².